The molecule has 3 aliphatic heterocycles. The Kier molecular flexibility index (Phi) is 9.96. The summed E-state index contributed by atoms with van der Waals surface area (Å²) in [7, 11) is -5.03. The summed E-state index contributed by atoms with van der Waals surface area (Å²) in [6, 6.07) is 12.6. The van der Waals surface area contributed by atoms with E-state index in [0.717, 1.165) is 22.4 Å². The summed E-state index contributed by atoms with van der Waals surface area (Å²) in [6.07, 6.45) is -0.664. The fraction of sp³-hybridized carbons (Fsp3) is 0.412. The summed E-state index contributed by atoms with van der Waals surface area (Å²) in [5.74, 6) is -1.15. The van der Waals surface area contributed by atoms with Gasteiger partial charge >= 0.3 is 29.6 Å². The van der Waals surface area contributed by atoms with Gasteiger partial charge in [0, 0.05) is 23.6 Å². The first-order valence-corrected chi connectivity index (χ1v) is 17.6. The number of rotatable bonds is 9. The molecule has 1 amide bonds. The number of carbonyl (C=O) groups is 2. The zero-order valence-corrected chi connectivity index (χ0v) is 31.1. The molecule has 4 N–H and O–H groups in total. The van der Waals surface area contributed by atoms with E-state index < -0.39 is 55.8 Å². The number of amides is 1. The molecular weight excluding hydrogens is 678 g/mol. The normalized spacial score (nSPS) is 23.7. The van der Waals surface area contributed by atoms with Crippen LogP contribution in [0.4, 0.5) is 5.69 Å². The first kappa shape index (κ1) is 36.5. The van der Waals surface area contributed by atoms with Crippen LogP contribution in [-0.4, -0.2) is 44.0 Å². The van der Waals surface area contributed by atoms with Gasteiger partial charge in [-0.2, -0.15) is 0 Å². The van der Waals surface area contributed by atoms with Crippen LogP contribution >= 0.6 is 7.82 Å². The Hall–Kier alpha value is -3.33. The van der Waals surface area contributed by atoms with Gasteiger partial charge in [-0.1, -0.05) is 58.0 Å². The van der Waals surface area contributed by atoms with Crippen molar-refractivity contribution in [3.63, 3.8) is 0 Å². The maximum absolute atomic E-state index is 14.0. The molecule has 50 heavy (non-hydrogen) atoms. The smallest absolute Gasteiger partial charge is 0.756 e. The number of aliphatic hydroxyl groups excluding tert-OH is 1. The number of fused-ring (bicyclic) bond motifs is 4. The number of oxazole rings is 2. The molecule has 2 aromatic carbocycles. The van der Waals surface area contributed by atoms with Gasteiger partial charge in [-0.05, 0) is 41.5 Å². The summed E-state index contributed by atoms with van der Waals surface area (Å²) >= 11 is 0. The number of hydrogen-bond acceptors (Lipinski definition) is 12. The number of hydrogen-bond donors (Lipinski definition) is 4. The van der Waals surface area contributed by atoms with Crippen LogP contribution < -0.4 is 49.8 Å². The van der Waals surface area contributed by atoms with E-state index in [2.05, 4.69) is 20.1 Å². The molecule has 4 bridgehead atoms. The van der Waals surface area contributed by atoms with Crippen molar-refractivity contribution < 1.29 is 76.7 Å². The van der Waals surface area contributed by atoms with Crippen molar-refractivity contribution in [2.24, 2.45) is 17.8 Å². The number of Topliss-reactive ketones (excluding diaryl/α,β-unsaturated/α-hetero) is 1. The quantitative estimate of drug-likeness (QED) is 0.140. The van der Waals surface area contributed by atoms with Crippen LogP contribution in [0.2, 0.25) is 0 Å². The summed E-state index contributed by atoms with van der Waals surface area (Å²) < 4.78 is 34.9. The largest absolute Gasteiger partial charge is 1.00 e. The number of phosphoric acid groups is 1. The van der Waals surface area contributed by atoms with Crippen LogP contribution in [0.25, 0.3) is 11.6 Å². The molecule has 6 atom stereocenters. The van der Waals surface area contributed by atoms with Crippen LogP contribution in [0.3, 0.4) is 0 Å². The molecule has 0 fully saturated rings. The molecule has 258 valence electrons. The van der Waals surface area contributed by atoms with E-state index in [0.29, 0.717) is 11.5 Å². The van der Waals surface area contributed by atoms with Crippen LogP contribution in [0.1, 0.15) is 74.2 Å². The molecule has 3 unspecified atom stereocenters. The fourth-order valence-electron chi connectivity index (χ4n) is 6.93. The van der Waals surface area contributed by atoms with Gasteiger partial charge in [0.2, 0.25) is 17.7 Å². The topological polar surface area (TPSA) is 209 Å². The number of carbonyl (C=O) groups excluding carboxylic acids is 2. The maximum Gasteiger partial charge on any atom is 1.00 e. The van der Waals surface area contributed by atoms with Crippen LogP contribution in [0, 0.1) is 17.8 Å². The molecule has 4 aromatic rings. The Labute approximate surface area is 309 Å². The second kappa shape index (κ2) is 13.7. The van der Waals surface area contributed by atoms with Crippen molar-refractivity contribution in [3.05, 3.63) is 82.8 Å². The number of nitrogens with one attached hydrogen (secondary N) is 2. The summed E-state index contributed by atoms with van der Waals surface area (Å²) in [6.45, 7) is 6.71. The van der Waals surface area contributed by atoms with Gasteiger partial charge in [-0.3, -0.25) is 14.2 Å². The van der Waals surface area contributed by atoms with Crippen molar-refractivity contribution in [2.75, 3.05) is 5.32 Å². The molecule has 0 aliphatic carbocycles. The zero-order chi connectivity index (χ0) is 34.8. The standard InChI is InChI=1S/C34H37N4O10P.Na/c1-16(2)26-32-38-27(31-35-20(14-45-31)15-46-49(42,43)44)29(48-32)34-21-7-5-6-8-23(21)36-33(34)47-25-10-9-18(12-22(25)34)11-19(30(41)37-26)13-24(39)28(40)17(3)4;/h5-10,12,14,16-17,19,26,28,33,36,40H,11,13,15H2,1-4H3,(H,37,41)(H2,42,43,44);/q;+1/p-1/t19?,26-,28-,33-,34?;/m0./s1. The van der Waals surface area contributed by atoms with Crippen LogP contribution in [0.5, 0.6) is 5.75 Å². The first-order chi connectivity index (χ1) is 23.3. The van der Waals surface area contributed by atoms with E-state index in [1.54, 1.807) is 13.8 Å². The van der Waals surface area contributed by atoms with Gasteiger partial charge in [-0.25, -0.2) is 9.97 Å². The van der Waals surface area contributed by atoms with Crippen LogP contribution in [-0.2, 0) is 37.1 Å². The van der Waals surface area contributed by atoms with E-state index in [-0.39, 0.29) is 77.4 Å². The second-order valence-electron chi connectivity index (χ2n) is 13.4. The Bertz CT molecular complexity index is 1990. The monoisotopic (exact) mass is 714 g/mol. The molecular formula is C34H36N4NaO10P. The molecule has 0 saturated carbocycles. The number of ether oxygens (including phenoxy) is 1. The van der Waals surface area contributed by atoms with E-state index in [4.69, 9.17) is 23.4 Å². The van der Waals surface area contributed by atoms with E-state index in [1.165, 1.54) is 6.26 Å². The van der Waals surface area contributed by atoms with E-state index in [1.807, 2.05) is 56.3 Å². The minimum Gasteiger partial charge on any atom is -0.756 e. The third kappa shape index (κ3) is 6.37. The summed E-state index contributed by atoms with van der Waals surface area (Å²) in [5.41, 5.74) is 2.26. The molecule has 0 saturated heterocycles. The molecule has 2 aromatic heterocycles. The SMILES string of the molecule is CC(C)[C@H](O)C(=O)CC1Cc2ccc3c(c2)C2(c4ccccc4N[C@H]2O3)c2oc(nc2-c2nc(COP(=O)([O-])O)co2)[C@H](C(C)C)NC1=O.[Na+]. The first-order valence-electron chi connectivity index (χ1n) is 16.1. The number of aliphatic hydroxyl groups is 1. The fourth-order valence-corrected chi connectivity index (χ4v) is 7.22. The number of nitrogens with zero attached hydrogens (tertiary/aromatic N) is 2. The Morgan fingerprint density at radius 2 is 1.90 bits per heavy atom. The van der Waals surface area contributed by atoms with Gasteiger partial charge < -0.3 is 43.6 Å². The Balaban J connectivity index is 0.00000432. The van der Waals surface area contributed by atoms with Crippen molar-refractivity contribution in [1.82, 2.24) is 15.3 Å². The molecule has 16 heteroatoms. The summed E-state index contributed by atoms with van der Waals surface area (Å²) in [5, 5.41) is 17.1. The summed E-state index contributed by atoms with van der Waals surface area (Å²) in [4.78, 5) is 56.9. The molecule has 0 radical (unpaired) electrons. The molecule has 1 spiro atoms. The van der Waals surface area contributed by atoms with E-state index >= 15 is 0 Å². The minimum absolute atomic E-state index is 0. The van der Waals surface area contributed by atoms with E-state index in [9.17, 15) is 24.2 Å². The number of phosphoric ester groups is 1. The van der Waals surface area contributed by atoms with Gasteiger partial charge in [0.15, 0.2) is 23.5 Å². The predicted octanol–water partition coefficient (Wildman–Crippen LogP) is 0.751. The number of aromatic nitrogens is 2. The Morgan fingerprint density at radius 3 is 2.62 bits per heavy atom. The molecule has 5 heterocycles. The second-order valence-corrected chi connectivity index (χ2v) is 14.6. The average molecular weight is 715 g/mol. The van der Waals surface area contributed by atoms with Gasteiger partial charge in [0.05, 0.1) is 0 Å². The third-order valence-electron chi connectivity index (χ3n) is 9.37. The third-order valence-corrected chi connectivity index (χ3v) is 9.82. The molecule has 3 aliphatic rings. The molecule has 7 rings (SSSR count). The predicted molar refractivity (Wildman–Crippen MR) is 171 cm³/mol. The maximum atomic E-state index is 14.0. The minimum atomic E-state index is -5.03. The number of ketones is 1. The van der Waals surface area contributed by atoms with Crippen molar-refractivity contribution >= 4 is 25.2 Å². The van der Waals surface area contributed by atoms with Gasteiger partial charge in [-0.15, -0.1) is 0 Å². The zero-order valence-electron chi connectivity index (χ0n) is 28.2. The Morgan fingerprint density at radius 1 is 1.14 bits per heavy atom. The van der Waals surface area contributed by atoms with Crippen LogP contribution in [0.15, 0.2) is 57.6 Å². The van der Waals surface area contributed by atoms with Gasteiger partial charge in [0.1, 0.15) is 41.9 Å². The van der Waals surface area contributed by atoms with Crippen molar-refractivity contribution in [3.8, 4) is 17.3 Å². The number of benzene rings is 2. The number of para-hydroxylation sites is 1. The van der Waals surface area contributed by atoms with Crippen molar-refractivity contribution in [1.29, 1.82) is 0 Å². The number of anilines is 1. The van der Waals surface area contributed by atoms with Crippen molar-refractivity contribution in [2.45, 2.75) is 70.9 Å². The molecule has 14 nitrogen and oxygen atoms in total. The average Bonchev–Trinajstić information content (AvgIpc) is 3.82. The van der Waals surface area contributed by atoms with Gasteiger partial charge in [0.25, 0.3) is 7.82 Å².